The Labute approximate surface area is 123 Å². The fourth-order valence-corrected chi connectivity index (χ4v) is 2.21. The quantitative estimate of drug-likeness (QED) is 0.885. The lowest BCUT2D eigenvalue weighted by Crippen LogP contribution is -2.25. The summed E-state index contributed by atoms with van der Waals surface area (Å²) in [4.78, 5) is 4.13. The highest BCUT2D eigenvalue weighted by molar-refractivity contribution is 5.38. The van der Waals surface area contributed by atoms with Crippen molar-refractivity contribution in [3.05, 3.63) is 59.3 Å². The van der Waals surface area contributed by atoms with Crippen LogP contribution in [0.3, 0.4) is 0 Å². The molecule has 0 fully saturated rings. The Morgan fingerprint density at radius 2 is 2.05 bits per heavy atom. The highest BCUT2D eigenvalue weighted by atomic mass is 19.1. The Morgan fingerprint density at radius 1 is 1.24 bits per heavy atom. The first-order chi connectivity index (χ1) is 10.2. The van der Waals surface area contributed by atoms with E-state index in [2.05, 4.69) is 10.3 Å². The number of benzene rings is 1. The molecule has 0 aliphatic rings. The second-order valence-electron chi connectivity index (χ2n) is 4.65. The number of pyridine rings is 1. The Balaban J connectivity index is 2.49. The number of rotatable bonds is 6. The zero-order chi connectivity index (χ0) is 15.2. The van der Waals surface area contributed by atoms with Gasteiger partial charge in [0.15, 0.2) is 0 Å². The second-order valence-corrected chi connectivity index (χ2v) is 4.65. The summed E-state index contributed by atoms with van der Waals surface area (Å²) in [5, 5.41) is 3.22. The molecule has 1 unspecified atom stereocenters. The zero-order valence-corrected chi connectivity index (χ0v) is 12.1. The van der Waals surface area contributed by atoms with Gasteiger partial charge in [-0.15, -0.1) is 0 Å². The van der Waals surface area contributed by atoms with E-state index in [4.69, 9.17) is 4.74 Å². The highest BCUT2D eigenvalue weighted by Gasteiger charge is 2.22. The molecule has 3 nitrogen and oxygen atoms in total. The van der Waals surface area contributed by atoms with Crippen molar-refractivity contribution in [1.82, 2.24) is 10.3 Å². The van der Waals surface area contributed by atoms with Gasteiger partial charge in [-0.25, -0.2) is 13.8 Å². The van der Waals surface area contributed by atoms with Gasteiger partial charge in [0.1, 0.15) is 11.6 Å². The molecule has 1 aromatic carbocycles. The van der Waals surface area contributed by atoms with Gasteiger partial charge in [0.25, 0.3) is 0 Å². The van der Waals surface area contributed by atoms with E-state index in [9.17, 15) is 8.78 Å². The summed E-state index contributed by atoms with van der Waals surface area (Å²) in [5.74, 6) is -0.539. The van der Waals surface area contributed by atoms with Gasteiger partial charge in [-0.2, -0.15) is 0 Å². The molecule has 0 spiro atoms. The zero-order valence-electron chi connectivity index (χ0n) is 12.1. The first-order valence-electron chi connectivity index (χ1n) is 6.84. The first-order valence-corrected chi connectivity index (χ1v) is 6.84. The van der Waals surface area contributed by atoms with E-state index in [0.29, 0.717) is 18.0 Å². The minimum Gasteiger partial charge on any atom is -0.481 e. The number of methoxy groups -OCH3 is 1. The second kappa shape index (κ2) is 7.13. The predicted octanol–water partition coefficient (Wildman–Crippen LogP) is 3.46. The molecule has 0 aliphatic carbocycles. The molecular formula is C16H18F2N2O. The van der Waals surface area contributed by atoms with Crippen LogP contribution in [0.4, 0.5) is 8.78 Å². The van der Waals surface area contributed by atoms with Gasteiger partial charge in [-0.1, -0.05) is 13.0 Å². The van der Waals surface area contributed by atoms with E-state index in [-0.39, 0.29) is 5.56 Å². The van der Waals surface area contributed by atoms with E-state index >= 15 is 0 Å². The minimum atomic E-state index is -0.510. The normalized spacial score (nSPS) is 12.2. The van der Waals surface area contributed by atoms with Crippen LogP contribution in [0.2, 0.25) is 0 Å². The van der Waals surface area contributed by atoms with Crippen molar-refractivity contribution in [3.8, 4) is 5.88 Å². The van der Waals surface area contributed by atoms with Gasteiger partial charge in [0, 0.05) is 17.3 Å². The topological polar surface area (TPSA) is 34.2 Å². The van der Waals surface area contributed by atoms with Crippen molar-refractivity contribution in [3.63, 3.8) is 0 Å². The Morgan fingerprint density at radius 3 is 2.76 bits per heavy atom. The molecule has 0 aliphatic heterocycles. The van der Waals surface area contributed by atoms with E-state index in [1.54, 1.807) is 18.3 Å². The van der Waals surface area contributed by atoms with Crippen LogP contribution in [0, 0.1) is 11.6 Å². The molecule has 5 heteroatoms. The van der Waals surface area contributed by atoms with Gasteiger partial charge >= 0.3 is 0 Å². The maximum absolute atomic E-state index is 14.1. The van der Waals surface area contributed by atoms with Crippen LogP contribution in [-0.4, -0.2) is 18.6 Å². The van der Waals surface area contributed by atoms with Gasteiger partial charge < -0.3 is 10.1 Å². The number of halogens is 2. The van der Waals surface area contributed by atoms with Gasteiger partial charge in [-0.3, -0.25) is 0 Å². The molecule has 2 rings (SSSR count). The van der Waals surface area contributed by atoms with Crippen LogP contribution in [0.1, 0.15) is 30.5 Å². The Hall–Kier alpha value is -2.01. The third-order valence-corrected chi connectivity index (χ3v) is 3.17. The molecule has 112 valence electrons. The van der Waals surface area contributed by atoms with Crippen LogP contribution < -0.4 is 10.1 Å². The minimum absolute atomic E-state index is 0.245. The lowest BCUT2D eigenvalue weighted by molar-refractivity contribution is 0.385. The third-order valence-electron chi connectivity index (χ3n) is 3.17. The smallest absolute Gasteiger partial charge is 0.218 e. The fraction of sp³-hybridized carbons (Fsp3) is 0.312. The van der Waals surface area contributed by atoms with Crippen LogP contribution in [0.25, 0.3) is 0 Å². The van der Waals surface area contributed by atoms with Gasteiger partial charge in [0.05, 0.1) is 13.2 Å². The van der Waals surface area contributed by atoms with Crippen molar-refractivity contribution in [2.45, 2.75) is 19.4 Å². The average Bonchev–Trinajstić information content (AvgIpc) is 2.51. The largest absolute Gasteiger partial charge is 0.481 e. The summed E-state index contributed by atoms with van der Waals surface area (Å²) < 4.78 is 32.8. The number of nitrogens with zero attached hydrogens (tertiary/aromatic N) is 1. The molecule has 1 N–H and O–H groups in total. The molecular weight excluding hydrogens is 274 g/mol. The van der Waals surface area contributed by atoms with Crippen LogP contribution in [0.15, 0.2) is 36.5 Å². The van der Waals surface area contributed by atoms with E-state index in [0.717, 1.165) is 18.6 Å². The predicted molar refractivity (Wildman–Crippen MR) is 77.3 cm³/mol. The van der Waals surface area contributed by atoms with Crippen LogP contribution in [0.5, 0.6) is 5.88 Å². The van der Waals surface area contributed by atoms with Crippen LogP contribution >= 0.6 is 0 Å². The van der Waals surface area contributed by atoms with Crippen molar-refractivity contribution >= 4 is 0 Å². The molecule has 1 heterocycles. The van der Waals surface area contributed by atoms with Crippen molar-refractivity contribution in [2.75, 3.05) is 13.7 Å². The monoisotopic (exact) mass is 292 g/mol. The van der Waals surface area contributed by atoms with Gasteiger partial charge in [-0.05, 0) is 37.2 Å². The third kappa shape index (κ3) is 3.55. The molecule has 21 heavy (non-hydrogen) atoms. The average molecular weight is 292 g/mol. The maximum atomic E-state index is 14.1. The molecule has 0 saturated heterocycles. The number of aromatic nitrogens is 1. The molecule has 2 aromatic rings. The van der Waals surface area contributed by atoms with E-state index < -0.39 is 17.7 Å². The van der Waals surface area contributed by atoms with Crippen molar-refractivity contribution < 1.29 is 13.5 Å². The lowest BCUT2D eigenvalue weighted by Gasteiger charge is -2.21. The molecule has 1 aromatic heterocycles. The number of nitrogens with one attached hydrogen (secondary N) is 1. The Kier molecular flexibility index (Phi) is 5.22. The van der Waals surface area contributed by atoms with Crippen molar-refractivity contribution in [1.29, 1.82) is 0 Å². The molecule has 0 amide bonds. The summed E-state index contributed by atoms with van der Waals surface area (Å²) in [6.45, 7) is 2.67. The summed E-state index contributed by atoms with van der Waals surface area (Å²) in [5.41, 5.74) is 0.924. The van der Waals surface area contributed by atoms with Crippen molar-refractivity contribution in [2.24, 2.45) is 0 Å². The SMILES string of the molecule is CCCNC(c1cc(F)ccc1F)c1cccnc1OC. The standard InChI is InChI=1S/C16H18F2N2O/c1-3-8-19-15(12-5-4-9-20-16(12)21-2)13-10-11(17)6-7-14(13)18/h4-7,9-10,15,19H,3,8H2,1-2H3. The molecule has 0 bridgehead atoms. The molecule has 1 atom stereocenters. The number of ether oxygens (including phenoxy) is 1. The first kappa shape index (κ1) is 15.4. The summed E-state index contributed by atoms with van der Waals surface area (Å²) >= 11 is 0. The van der Waals surface area contributed by atoms with Gasteiger partial charge in [0.2, 0.25) is 5.88 Å². The Bertz CT molecular complexity index is 605. The fourth-order valence-electron chi connectivity index (χ4n) is 2.21. The number of hydrogen-bond acceptors (Lipinski definition) is 3. The van der Waals surface area contributed by atoms with Crippen LogP contribution in [-0.2, 0) is 0 Å². The summed E-state index contributed by atoms with van der Waals surface area (Å²) in [6, 6.07) is 6.47. The van der Waals surface area contributed by atoms with E-state index in [1.807, 2.05) is 6.92 Å². The lowest BCUT2D eigenvalue weighted by atomic mass is 9.98. The molecule has 0 radical (unpaired) electrons. The highest BCUT2D eigenvalue weighted by Crippen LogP contribution is 2.30. The van der Waals surface area contributed by atoms with E-state index in [1.165, 1.54) is 13.2 Å². The maximum Gasteiger partial charge on any atom is 0.218 e. The summed E-state index contributed by atoms with van der Waals surface area (Å²) in [6.07, 6.45) is 2.47. The molecule has 0 saturated carbocycles. The summed E-state index contributed by atoms with van der Waals surface area (Å²) in [7, 11) is 1.50. The number of hydrogen-bond donors (Lipinski definition) is 1.